The normalized spacial score (nSPS) is 13.1. The summed E-state index contributed by atoms with van der Waals surface area (Å²) in [6.45, 7) is 0.492. The van der Waals surface area contributed by atoms with Gasteiger partial charge in [-0.05, 0) is 17.7 Å². The van der Waals surface area contributed by atoms with Gasteiger partial charge in [0.2, 0.25) is 5.91 Å². The quantitative estimate of drug-likeness (QED) is 0.780. The molecular formula is C18H22N2O3. The molecular weight excluding hydrogens is 292 g/mol. The van der Waals surface area contributed by atoms with Crippen LogP contribution in [0.2, 0.25) is 0 Å². The lowest BCUT2D eigenvalue weighted by Crippen LogP contribution is -2.45. The first-order chi connectivity index (χ1) is 11.2. The number of carbonyl (C=O) groups excluding carboxylic acids is 1. The third-order valence-electron chi connectivity index (χ3n) is 3.36. The summed E-state index contributed by atoms with van der Waals surface area (Å²) in [5, 5.41) is 2.92. The maximum absolute atomic E-state index is 12.2. The molecule has 2 unspecified atom stereocenters. The molecule has 0 saturated carbocycles. The molecule has 3 N–H and O–H groups in total. The number of amides is 1. The molecule has 0 heterocycles. The number of nitrogens with two attached hydrogens (primary N) is 1. The summed E-state index contributed by atoms with van der Waals surface area (Å²) in [4.78, 5) is 12.2. The molecule has 2 rings (SSSR count). The summed E-state index contributed by atoms with van der Waals surface area (Å²) in [6.07, 6.45) is 0. The van der Waals surface area contributed by atoms with E-state index in [0.717, 1.165) is 11.3 Å². The molecule has 5 nitrogen and oxygen atoms in total. The van der Waals surface area contributed by atoms with E-state index in [2.05, 4.69) is 5.32 Å². The summed E-state index contributed by atoms with van der Waals surface area (Å²) in [6, 6.07) is 18.2. The second-order valence-electron chi connectivity index (χ2n) is 5.16. The molecule has 122 valence electrons. The van der Waals surface area contributed by atoms with E-state index in [1.165, 1.54) is 7.11 Å². The minimum atomic E-state index is -0.706. The van der Waals surface area contributed by atoms with E-state index in [0.29, 0.717) is 6.61 Å². The van der Waals surface area contributed by atoms with Crippen LogP contribution in [-0.2, 0) is 9.53 Å². The van der Waals surface area contributed by atoms with Crippen molar-refractivity contribution < 1.29 is 14.3 Å². The van der Waals surface area contributed by atoms with Gasteiger partial charge < -0.3 is 20.5 Å². The molecule has 0 fully saturated rings. The first-order valence-corrected chi connectivity index (χ1v) is 7.48. The fraction of sp³-hybridized carbons (Fsp3) is 0.278. The molecule has 0 saturated heterocycles. The number of carbonyl (C=O) groups is 1. The maximum Gasteiger partial charge on any atom is 0.239 e. The molecule has 2 aromatic carbocycles. The number of rotatable bonds is 8. The second kappa shape index (κ2) is 8.92. The fourth-order valence-electron chi connectivity index (χ4n) is 2.14. The van der Waals surface area contributed by atoms with Crippen molar-refractivity contribution in [2.75, 3.05) is 20.3 Å². The highest BCUT2D eigenvalue weighted by atomic mass is 16.5. The van der Waals surface area contributed by atoms with Gasteiger partial charge in [0.05, 0.1) is 12.6 Å². The Morgan fingerprint density at radius 2 is 1.65 bits per heavy atom. The third-order valence-corrected chi connectivity index (χ3v) is 3.36. The van der Waals surface area contributed by atoms with Crippen LogP contribution in [0.15, 0.2) is 60.7 Å². The molecule has 23 heavy (non-hydrogen) atoms. The highest BCUT2D eigenvalue weighted by Crippen LogP contribution is 2.16. The number of para-hydroxylation sites is 1. The average molecular weight is 314 g/mol. The van der Waals surface area contributed by atoms with Crippen molar-refractivity contribution in [2.24, 2.45) is 5.73 Å². The largest absolute Gasteiger partial charge is 0.491 e. The lowest BCUT2D eigenvalue weighted by atomic mass is 10.1. The molecule has 0 aliphatic rings. The highest BCUT2D eigenvalue weighted by Gasteiger charge is 2.20. The van der Waals surface area contributed by atoms with E-state index in [1.807, 2.05) is 60.7 Å². The number of nitrogens with one attached hydrogen (secondary N) is 1. The van der Waals surface area contributed by atoms with Gasteiger partial charge in [0, 0.05) is 7.11 Å². The SMILES string of the molecule is COCC(N)C(=O)NC(COc1ccccc1)c1ccccc1. The van der Waals surface area contributed by atoms with Crippen molar-refractivity contribution in [3.05, 3.63) is 66.2 Å². The van der Waals surface area contributed by atoms with Crippen LogP contribution >= 0.6 is 0 Å². The Kier molecular flexibility index (Phi) is 6.59. The summed E-state index contributed by atoms with van der Waals surface area (Å²) in [7, 11) is 1.51. The van der Waals surface area contributed by atoms with Crippen molar-refractivity contribution in [2.45, 2.75) is 12.1 Å². The van der Waals surface area contributed by atoms with Gasteiger partial charge in [-0.25, -0.2) is 0 Å². The van der Waals surface area contributed by atoms with Gasteiger partial charge in [-0.1, -0.05) is 48.5 Å². The molecule has 1 amide bonds. The topological polar surface area (TPSA) is 73.6 Å². The van der Waals surface area contributed by atoms with Crippen molar-refractivity contribution in [1.82, 2.24) is 5.32 Å². The summed E-state index contributed by atoms with van der Waals surface area (Å²) < 4.78 is 10.7. The van der Waals surface area contributed by atoms with Crippen LogP contribution in [0.4, 0.5) is 0 Å². The Bertz CT molecular complexity index is 590. The van der Waals surface area contributed by atoms with Crippen LogP contribution in [0, 0.1) is 0 Å². The zero-order valence-electron chi connectivity index (χ0n) is 13.1. The van der Waals surface area contributed by atoms with Crippen LogP contribution in [0.25, 0.3) is 0 Å². The van der Waals surface area contributed by atoms with Gasteiger partial charge in [0.25, 0.3) is 0 Å². The maximum atomic E-state index is 12.2. The zero-order chi connectivity index (χ0) is 16.5. The minimum absolute atomic E-state index is 0.173. The Hall–Kier alpha value is -2.37. The lowest BCUT2D eigenvalue weighted by molar-refractivity contribution is -0.124. The van der Waals surface area contributed by atoms with Crippen molar-refractivity contribution in [3.63, 3.8) is 0 Å². The first kappa shape index (κ1) is 17.0. The van der Waals surface area contributed by atoms with Crippen molar-refractivity contribution in [1.29, 1.82) is 0 Å². The number of methoxy groups -OCH3 is 1. The van der Waals surface area contributed by atoms with E-state index in [1.54, 1.807) is 0 Å². The Morgan fingerprint density at radius 1 is 1.04 bits per heavy atom. The van der Waals surface area contributed by atoms with Crippen LogP contribution in [0.5, 0.6) is 5.75 Å². The Labute approximate surface area is 136 Å². The number of benzene rings is 2. The van der Waals surface area contributed by atoms with Crippen LogP contribution in [0.1, 0.15) is 11.6 Å². The van der Waals surface area contributed by atoms with Crippen LogP contribution in [-0.4, -0.2) is 32.3 Å². The van der Waals surface area contributed by atoms with E-state index in [-0.39, 0.29) is 18.6 Å². The van der Waals surface area contributed by atoms with Gasteiger partial charge in [-0.15, -0.1) is 0 Å². The van der Waals surface area contributed by atoms with Crippen molar-refractivity contribution >= 4 is 5.91 Å². The molecule has 0 bridgehead atoms. The third kappa shape index (κ3) is 5.39. The molecule has 0 spiro atoms. The van der Waals surface area contributed by atoms with Gasteiger partial charge in [0.1, 0.15) is 18.4 Å². The molecule has 2 aromatic rings. The van der Waals surface area contributed by atoms with E-state index < -0.39 is 6.04 Å². The van der Waals surface area contributed by atoms with E-state index in [9.17, 15) is 4.79 Å². The molecule has 2 atom stereocenters. The van der Waals surface area contributed by atoms with E-state index in [4.69, 9.17) is 15.2 Å². The highest BCUT2D eigenvalue weighted by molar-refractivity contribution is 5.82. The molecule has 0 aliphatic heterocycles. The number of hydrogen-bond donors (Lipinski definition) is 2. The van der Waals surface area contributed by atoms with Crippen LogP contribution in [0.3, 0.4) is 0 Å². The fourth-order valence-corrected chi connectivity index (χ4v) is 2.14. The Balaban J connectivity index is 2.05. The van der Waals surface area contributed by atoms with Gasteiger partial charge in [-0.3, -0.25) is 4.79 Å². The molecule has 0 aliphatic carbocycles. The average Bonchev–Trinajstić information content (AvgIpc) is 2.60. The predicted octanol–water partition coefficient (Wildman–Crippen LogP) is 1.90. The smallest absolute Gasteiger partial charge is 0.239 e. The number of hydrogen-bond acceptors (Lipinski definition) is 4. The molecule has 0 aromatic heterocycles. The second-order valence-corrected chi connectivity index (χ2v) is 5.16. The van der Waals surface area contributed by atoms with Crippen LogP contribution < -0.4 is 15.8 Å². The Morgan fingerprint density at radius 3 is 2.26 bits per heavy atom. The monoisotopic (exact) mass is 314 g/mol. The van der Waals surface area contributed by atoms with Gasteiger partial charge in [-0.2, -0.15) is 0 Å². The number of ether oxygens (including phenoxy) is 2. The van der Waals surface area contributed by atoms with Gasteiger partial charge in [0.15, 0.2) is 0 Å². The zero-order valence-corrected chi connectivity index (χ0v) is 13.1. The van der Waals surface area contributed by atoms with E-state index >= 15 is 0 Å². The molecule has 0 radical (unpaired) electrons. The van der Waals surface area contributed by atoms with Gasteiger partial charge >= 0.3 is 0 Å². The predicted molar refractivity (Wildman–Crippen MR) is 89.1 cm³/mol. The minimum Gasteiger partial charge on any atom is -0.491 e. The van der Waals surface area contributed by atoms with Crippen molar-refractivity contribution in [3.8, 4) is 5.75 Å². The summed E-state index contributed by atoms with van der Waals surface area (Å²) in [5.41, 5.74) is 6.74. The summed E-state index contributed by atoms with van der Waals surface area (Å²) >= 11 is 0. The molecule has 5 heteroatoms. The summed E-state index contributed by atoms with van der Waals surface area (Å²) in [5.74, 6) is 0.487. The first-order valence-electron chi connectivity index (χ1n) is 7.48. The standard InChI is InChI=1S/C18H22N2O3/c1-22-12-16(19)18(21)20-17(14-8-4-2-5-9-14)13-23-15-10-6-3-7-11-15/h2-11,16-17H,12-13,19H2,1H3,(H,20,21). The lowest BCUT2D eigenvalue weighted by Gasteiger charge is -2.21.